The Kier molecular flexibility index (Phi) is 28.8. The normalized spacial score (nSPS) is 6.00. The number of hydrogen-bond donors (Lipinski definition) is 1. The molecular weight excluding hydrogens is 145 g/mol. The van der Waals surface area contributed by atoms with E-state index in [-0.39, 0.29) is 29.6 Å². The van der Waals surface area contributed by atoms with Gasteiger partial charge in [-0.05, 0) is 0 Å². The van der Waals surface area contributed by atoms with Gasteiger partial charge in [0.2, 0.25) is 0 Å². The Morgan fingerprint density at radius 2 is 1.56 bits per heavy atom. The molecule has 0 atom stereocenters. The van der Waals surface area contributed by atoms with Crippen LogP contribution in [0.2, 0.25) is 0 Å². The molecule has 9 heavy (non-hydrogen) atoms. The molecule has 0 rings (SSSR count). The molecule has 4 heteroatoms. The van der Waals surface area contributed by atoms with Crippen LogP contribution in [0.5, 0.6) is 0 Å². The van der Waals surface area contributed by atoms with Gasteiger partial charge in [0, 0.05) is 0 Å². The summed E-state index contributed by atoms with van der Waals surface area (Å²) in [6.45, 7) is 4.36. The summed E-state index contributed by atoms with van der Waals surface area (Å²) in [6, 6.07) is 0. The molecule has 0 aliphatic heterocycles. The summed E-state index contributed by atoms with van der Waals surface area (Å²) >= 11 is 3.76. The van der Waals surface area contributed by atoms with E-state index in [0.29, 0.717) is 0 Å². The molecule has 50 valence electrons. The first-order chi connectivity index (χ1) is 3.65. The molecule has 0 aliphatic carbocycles. The molecule has 2 nitrogen and oxygen atoms in total. The van der Waals surface area contributed by atoms with E-state index in [1.54, 1.807) is 0 Å². The zero-order chi connectivity index (χ0) is 6.99. The number of carbonyl (C=O) groups is 1. The second-order valence-corrected chi connectivity index (χ2v) is 1.72. The fourth-order valence-corrected chi connectivity index (χ4v) is 0. The summed E-state index contributed by atoms with van der Waals surface area (Å²) in [7, 11) is 0. The van der Waals surface area contributed by atoms with E-state index in [1.165, 1.54) is 12.8 Å². The Hall–Kier alpha value is 0.690. The second-order valence-electron chi connectivity index (χ2n) is 1.32. The molecule has 0 saturated carbocycles. The van der Waals surface area contributed by atoms with E-state index >= 15 is 0 Å². The zero-order valence-corrected chi connectivity index (χ0v) is 9.12. The van der Waals surface area contributed by atoms with Gasteiger partial charge in [0.15, 0.2) is 0 Å². The third kappa shape index (κ3) is 136. The van der Waals surface area contributed by atoms with Crippen LogP contribution >= 0.6 is 0 Å². The average Bonchev–Trinajstić information content (AvgIpc) is 1.65. The zero-order valence-electron chi connectivity index (χ0n) is 6.31. The standard InChI is InChI=1S/C4H10.CH3NOS.Na/c1-3-4-2;2-1(3)4;/h3-4H2,1-2H3;(H3,2,3,4);/q;;+1/p-1. The maximum atomic E-state index is 9.04. The van der Waals surface area contributed by atoms with Gasteiger partial charge in [0.1, 0.15) is 0 Å². The molecular formula is C5H12NNaOS. The van der Waals surface area contributed by atoms with Crippen LogP contribution in [0.4, 0.5) is 4.79 Å². The average molecular weight is 157 g/mol. The van der Waals surface area contributed by atoms with Gasteiger partial charge < -0.3 is 23.2 Å². The molecule has 1 amide bonds. The predicted molar refractivity (Wildman–Crippen MR) is 37.5 cm³/mol. The monoisotopic (exact) mass is 157 g/mol. The van der Waals surface area contributed by atoms with Crippen LogP contribution in [-0.2, 0) is 12.6 Å². The molecule has 0 aromatic carbocycles. The second kappa shape index (κ2) is 15.9. The van der Waals surface area contributed by atoms with Crippen LogP contribution < -0.4 is 35.3 Å². The van der Waals surface area contributed by atoms with Crippen LogP contribution in [0.15, 0.2) is 0 Å². The summed E-state index contributed by atoms with van der Waals surface area (Å²) in [5.74, 6) is 0. The van der Waals surface area contributed by atoms with Crippen molar-refractivity contribution >= 4 is 17.9 Å². The van der Waals surface area contributed by atoms with Crippen LogP contribution in [-0.4, -0.2) is 5.24 Å². The molecule has 0 fully saturated rings. The molecule has 2 N–H and O–H groups in total. The molecule has 0 aromatic heterocycles. The third-order valence-corrected chi connectivity index (χ3v) is 0.500. The van der Waals surface area contributed by atoms with Gasteiger partial charge in [-0.15, -0.1) is 0 Å². The van der Waals surface area contributed by atoms with Crippen molar-refractivity contribution in [2.45, 2.75) is 26.7 Å². The number of rotatable bonds is 1. The van der Waals surface area contributed by atoms with E-state index in [4.69, 9.17) is 4.79 Å². The van der Waals surface area contributed by atoms with Crippen molar-refractivity contribution < 1.29 is 34.4 Å². The molecule has 0 aliphatic rings. The Balaban J connectivity index is -0.0000000720. The van der Waals surface area contributed by atoms with Crippen LogP contribution in [0.1, 0.15) is 26.7 Å². The molecule has 0 unspecified atom stereocenters. The number of carbonyl (C=O) groups excluding carboxylic acids is 1. The minimum Gasteiger partial charge on any atom is -0.719 e. The summed E-state index contributed by atoms with van der Waals surface area (Å²) in [5.41, 5.74) is 4.29. The third-order valence-electron chi connectivity index (χ3n) is 0.500. The van der Waals surface area contributed by atoms with Crippen molar-refractivity contribution in [3.05, 3.63) is 0 Å². The molecule has 0 radical (unpaired) electrons. The SMILES string of the molecule is CCCC.NC(=O)[S-].[Na+]. The van der Waals surface area contributed by atoms with Gasteiger partial charge in [0.25, 0.3) is 0 Å². The fourth-order valence-electron chi connectivity index (χ4n) is 0. The van der Waals surface area contributed by atoms with Gasteiger partial charge in [-0.3, -0.25) is 0 Å². The topological polar surface area (TPSA) is 43.1 Å². The van der Waals surface area contributed by atoms with Crippen LogP contribution in [0, 0.1) is 0 Å². The number of hydrogen-bond acceptors (Lipinski definition) is 2. The Morgan fingerprint density at radius 3 is 1.56 bits per heavy atom. The predicted octanol–water partition coefficient (Wildman–Crippen LogP) is -1.58. The quantitative estimate of drug-likeness (QED) is 0.369. The van der Waals surface area contributed by atoms with E-state index in [2.05, 4.69) is 32.2 Å². The Bertz CT molecular complexity index is 54.9. The van der Waals surface area contributed by atoms with E-state index < -0.39 is 5.24 Å². The van der Waals surface area contributed by atoms with Gasteiger partial charge in [-0.2, -0.15) is 0 Å². The van der Waals surface area contributed by atoms with Crippen LogP contribution in [0.25, 0.3) is 0 Å². The van der Waals surface area contributed by atoms with Crippen molar-refractivity contribution in [3.8, 4) is 0 Å². The summed E-state index contributed by atoms with van der Waals surface area (Å²) in [6.07, 6.45) is 2.64. The molecule has 0 saturated heterocycles. The minimum absolute atomic E-state index is 0. The van der Waals surface area contributed by atoms with Crippen LogP contribution in [0.3, 0.4) is 0 Å². The van der Waals surface area contributed by atoms with Crippen molar-refractivity contribution in [2.24, 2.45) is 5.73 Å². The van der Waals surface area contributed by atoms with Gasteiger partial charge >= 0.3 is 29.6 Å². The Labute approximate surface area is 84.3 Å². The van der Waals surface area contributed by atoms with Gasteiger partial charge in [-0.25, -0.2) is 0 Å². The largest absolute Gasteiger partial charge is 1.00 e. The first-order valence-corrected chi connectivity index (χ1v) is 3.02. The molecule has 0 aromatic rings. The van der Waals surface area contributed by atoms with E-state index in [0.717, 1.165) is 0 Å². The smallest absolute Gasteiger partial charge is 0.719 e. The van der Waals surface area contributed by atoms with Gasteiger partial charge in [-0.1, -0.05) is 26.7 Å². The number of primary amides is 1. The maximum absolute atomic E-state index is 9.04. The minimum atomic E-state index is -0.750. The maximum Gasteiger partial charge on any atom is 1.00 e. The van der Waals surface area contributed by atoms with Crippen molar-refractivity contribution in [2.75, 3.05) is 0 Å². The summed E-state index contributed by atoms with van der Waals surface area (Å²) < 4.78 is 0. The Morgan fingerprint density at radius 1 is 1.44 bits per heavy atom. The first kappa shape index (κ1) is 16.3. The van der Waals surface area contributed by atoms with Crippen molar-refractivity contribution in [3.63, 3.8) is 0 Å². The molecule has 0 bridgehead atoms. The number of nitrogens with two attached hydrogens (primary N) is 1. The molecule has 0 spiro atoms. The van der Waals surface area contributed by atoms with Crippen molar-refractivity contribution in [1.82, 2.24) is 0 Å². The fraction of sp³-hybridized carbons (Fsp3) is 0.800. The first-order valence-electron chi connectivity index (χ1n) is 2.61. The molecule has 0 heterocycles. The van der Waals surface area contributed by atoms with Gasteiger partial charge in [0.05, 0.1) is 5.24 Å². The summed E-state index contributed by atoms with van der Waals surface area (Å²) in [5, 5.41) is -0.750. The number of unbranched alkanes of at least 4 members (excludes halogenated alkanes) is 1. The van der Waals surface area contributed by atoms with E-state index in [1.807, 2.05) is 0 Å². The van der Waals surface area contributed by atoms with E-state index in [9.17, 15) is 0 Å². The van der Waals surface area contributed by atoms with Crippen molar-refractivity contribution in [1.29, 1.82) is 0 Å². The summed E-state index contributed by atoms with van der Waals surface area (Å²) in [4.78, 5) is 9.04. The number of amides is 1.